The Morgan fingerprint density at radius 1 is 1.27 bits per heavy atom. The lowest BCUT2D eigenvalue weighted by molar-refractivity contribution is 0.716. The van der Waals surface area contributed by atoms with Crippen LogP contribution in [0.25, 0.3) is 6.08 Å². The first-order valence-electron chi connectivity index (χ1n) is 5.78. The quantitative estimate of drug-likeness (QED) is 0.691. The number of aryl methyl sites for hydroxylation is 1. The van der Waals surface area contributed by atoms with Crippen LogP contribution in [0.5, 0.6) is 0 Å². The van der Waals surface area contributed by atoms with Crippen LogP contribution in [0.15, 0.2) is 22.7 Å². The summed E-state index contributed by atoms with van der Waals surface area (Å²) in [4.78, 5) is 0. The van der Waals surface area contributed by atoms with E-state index in [0.29, 0.717) is 0 Å². The van der Waals surface area contributed by atoms with E-state index in [1.54, 1.807) is 0 Å². The molecule has 0 N–H and O–H groups in total. The van der Waals surface area contributed by atoms with Crippen molar-refractivity contribution in [2.24, 2.45) is 0 Å². The van der Waals surface area contributed by atoms with Gasteiger partial charge in [0.1, 0.15) is 0 Å². The second-order valence-electron chi connectivity index (χ2n) is 4.22. The van der Waals surface area contributed by atoms with Gasteiger partial charge in [-0.3, -0.25) is 0 Å². The highest BCUT2D eigenvalue weighted by Gasteiger charge is 2.13. The lowest BCUT2D eigenvalue weighted by Gasteiger charge is -2.06. The summed E-state index contributed by atoms with van der Waals surface area (Å²) in [7, 11) is 0. The number of benzene rings is 1. The predicted molar refractivity (Wildman–Crippen MR) is 70.3 cm³/mol. The van der Waals surface area contributed by atoms with Crippen molar-refractivity contribution in [2.45, 2.75) is 39.0 Å². The molecule has 1 aliphatic carbocycles. The molecule has 0 bridgehead atoms. The second-order valence-corrected chi connectivity index (χ2v) is 5.23. The molecule has 0 radical (unpaired) electrons. The Labute approximate surface area is 101 Å². The molecule has 0 aliphatic heterocycles. The van der Waals surface area contributed by atoms with Crippen LogP contribution in [0.2, 0.25) is 0 Å². The summed E-state index contributed by atoms with van der Waals surface area (Å²) in [5.74, 6) is 0. The zero-order valence-electron chi connectivity index (χ0n) is 9.22. The van der Waals surface area contributed by atoms with Crippen LogP contribution in [-0.4, -0.2) is 0 Å². The highest BCUT2D eigenvalue weighted by Crippen LogP contribution is 2.31. The Balaban J connectivity index is 2.15. The highest BCUT2D eigenvalue weighted by atomic mass is 79.9. The number of hydrogen-bond acceptors (Lipinski definition) is 0. The molecular weight excluding hydrogens is 248 g/mol. The summed E-state index contributed by atoms with van der Waals surface area (Å²) in [6, 6.07) is 6.71. The van der Waals surface area contributed by atoms with Gasteiger partial charge >= 0.3 is 0 Å². The summed E-state index contributed by atoms with van der Waals surface area (Å²) in [5.41, 5.74) is 4.48. The number of allylic oxidation sites excluding steroid dienone is 1. The summed E-state index contributed by atoms with van der Waals surface area (Å²) >= 11 is 3.60. The minimum absolute atomic E-state index is 1.08. The molecule has 0 unspecified atom stereocenters. The van der Waals surface area contributed by atoms with Gasteiger partial charge in [-0.2, -0.15) is 0 Å². The largest absolute Gasteiger partial charge is 0.0654 e. The molecule has 1 aromatic carbocycles. The minimum Gasteiger partial charge on any atom is -0.0654 e. The molecule has 2 rings (SSSR count). The fourth-order valence-corrected chi connectivity index (χ4v) is 2.71. The Morgan fingerprint density at radius 2 is 2.13 bits per heavy atom. The lowest BCUT2D eigenvalue weighted by atomic mass is 9.99. The van der Waals surface area contributed by atoms with Crippen LogP contribution in [0.3, 0.4) is 0 Å². The first-order chi connectivity index (χ1) is 7.31. The normalized spacial score (nSPS) is 13.9. The second kappa shape index (κ2) is 4.98. The van der Waals surface area contributed by atoms with Crippen molar-refractivity contribution in [3.63, 3.8) is 0 Å². The first-order valence-corrected chi connectivity index (χ1v) is 6.57. The third-order valence-corrected chi connectivity index (χ3v) is 3.51. The van der Waals surface area contributed by atoms with Gasteiger partial charge in [0.2, 0.25) is 0 Å². The Hall–Kier alpha value is -0.560. The third kappa shape index (κ3) is 2.52. The van der Waals surface area contributed by atoms with Crippen LogP contribution >= 0.6 is 15.9 Å². The van der Waals surface area contributed by atoms with E-state index in [1.165, 1.54) is 46.9 Å². The number of unbranched alkanes of at least 4 members (excludes halogenated alkanes) is 2. The molecule has 1 aromatic rings. The SMILES string of the molecule is CCCCCc1cccc2c1C=C(Br)C2. The Morgan fingerprint density at radius 3 is 2.93 bits per heavy atom. The topological polar surface area (TPSA) is 0 Å². The van der Waals surface area contributed by atoms with Gasteiger partial charge in [-0.15, -0.1) is 0 Å². The van der Waals surface area contributed by atoms with E-state index in [9.17, 15) is 0 Å². The zero-order valence-corrected chi connectivity index (χ0v) is 10.8. The molecule has 0 aromatic heterocycles. The van der Waals surface area contributed by atoms with Crippen LogP contribution in [0, 0.1) is 0 Å². The smallest absolute Gasteiger partial charge is 0.00469 e. The lowest BCUT2D eigenvalue weighted by Crippen LogP contribution is -1.91. The first kappa shape index (κ1) is 10.9. The standard InChI is InChI=1S/C14H17Br/c1-2-3-4-6-11-7-5-8-12-9-13(15)10-14(11)12/h5,7-8,10H,2-4,6,9H2,1H3. The summed E-state index contributed by atoms with van der Waals surface area (Å²) in [5, 5.41) is 0. The van der Waals surface area contributed by atoms with Gasteiger partial charge < -0.3 is 0 Å². The molecule has 0 saturated heterocycles. The number of fused-ring (bicyclic) bond motifs is 1. The molecule has 15 heavy (non-hydrogen) atoms. The fourth-order valence-electron chi connectivity index (χ4n) is 2.18. The number of hydrogen-bond donors (Lipinski definition) is 0. The summed E-state index contributed by atoms with van der Waals surface area (Å²) < 4.78 is 1.32. The van der Waals surface area contributed by atoms with Gasteiger partial charge in [-0.25, -0.2) is 0 Å². The van der Waals surface area contributed by atoms with Crippen molar-refractivity contribution in [1.82, 2.24) is 0 Å². The molecule has 0 saturated carbocycles. The maximum Gasteiger partial charge on any atom is 0.00469 e. The maximum absolute atomic E-state index is 3.60. The monoisotopic (exact) mass is 264 g/mol. The van der Waals surface area contributed by atoms with Crippen molar-refractivity contribution in [1.29, 1.82) is 0 Å². The van der Waals surface area contributed by atoms with E-state index < -0.39 is 0 Å². The molecule has 0 heterocycles. The molecule has 1 heteroatoms. The van der Waals surface area contributed by atoms with Gasteiger partial charge in [0.15, 0.2) is 0 Å². The van der Waals surface area contributed by atoms with Gasteiger partial charge in [-0.1, -0.05) is 53.9 Å². The molecule has 0 atom stereocenters. The van der Waals surface area contributed by atoms with Crippen molar-refractivity contribution in [3.8, 4) is 0 Å². The van der Waals surface area contributed by atoms with Gasteiger partial charge in [0, 0.05) is 10.9 Å². The summed E-state index contributed by atoms with van der Waals surface area (Å²) in [6.45, 7) is 2.26. The number of rotatable bonds is 4. The summed E-state index contributed by atoms with van der Waals surface area (Å²) in [6.07, 6.45) is 8.56. The van der Waals surface area contributed by atoms with E-state index in [4.69, 9.17) is 0 Å². The molecule has 0 nitrogen and oxygen atoms in total. The van der Waals surface area contributed by atoms with Crippen LogP contribution in [-0.2, 0) is 12.8 Å². The fraction of sp³-hybridized carbons (Fsp3) is 0.429. The number of halogens is 1. The van der Waals surface area contributed by atoms with Crippen LogP contribution in [0.1, 0.15) is 42.9 Å². The van der Waals surface area contributed by atoms with E-state index >= 15 is 0 Å². The minimum atomic E-state index is 1.08. The molecule has 0 spiro atoms. The third-order valence-electron chi connectivity index (χ3n) is 3.00. The maximum atomic E-state index is 3.60. The van der Waals surface area contributed by atoms with Crippen molar-refractivity contribution < 1.29 is 0 Å². The van der Waals surface area contributed by atoms with Crippen LogP contribution < -0.4 is 0 Å². The molecule has 0 fully saturated rings. The molecule has 0 amide bonds. The van der Waals surface area contributed by atoms with E-state index in [2.05, 4.69) is 47.1 Å². The Kier molecular flexibility index (Phi) is 3.63. The van der Waals surface area contributed by atoms with Crippen molar-refractivity contribution in [2.75, 3.05) is 0 Å². The average molecular weight is 265 g/mol. The van der Waals surface area contributed by atoms with Crippen molar-refractivity contribution in [3.05, 3.63) is 39.4 Å². The van der Waals surface area contributed by atoms with Crippen molar-refractivity contribution >= 4 is 22.0 Å². The molecular formula is C14H17Br. The van der Waals surface area contributed by atoms with Crippen LogP contribution in [0.4, 0.5) is 0 Å². The van der Waals surface area contributed by atoms with Gasteiger partial charge in [0.25, 0.3) is 0 Å². The Bertz CT molecular complexity index is 377. The highest BCUT2D eigenvalue weighted by molar-refractivity contribution is 9.11. The average Bonchev–Trinajstić information content (AvgIpc) is 2.59. The van der Waals surface area contributed by atoms with Gasteiger partial charge in [0.05, 0.1) is 0 Å². The van der Waals surface area contributed by atoms with E-state index in [1.807, 2.05) is 0 Å². The van der Waals surface area contributed by atoms with E-state index in [0.717, 1.165) is 6.42 Å². The predicted octanol–water partition coefficient (Wildman–Crippen LogP) is 4.71. The zero-order chi connectivity index (χ0) is 10.7. The van der Waals surface area contributed by atoms with E-state index in [-0.39, 0.29) is 0 Å². The molecule has 80 valence electrons. The van der Waals surface area contributed by atoms with Gasteiger partial charge in [-0.05, 0) is 35.6 Å². The molecule has 1 aliphatic rings.